The van der Waals surface area contributed by atoms with Gasteiger partial charge < -0.3 is 19.4 Å². The van der Waals surface area contributed by atoms with E-state index in [4.69, 9.17) is 9.47 Å². The average Bonchev–Trinajstić information content (AvgIpc) is 2.76. The monoisotopic (exact) mass is 426 g/mol. The van der Waals surface area contributed by atoms with Crippen LogP contribution in [0.2, 0.25) is 0 Å². The third-order valence-corrected chi connectivity index (χ3v) is 5.79. The molecule has 1 N–H and O–H groups in total. The van der Waals surface area contributed by atoms with Gasteiger partial charge in [0, 0.05) is 29.9 Å². The minimum absolute atomic E-state index is 0.0670. The fourth-order valence-electron chi connectivity index (χ4n) is 3.18. The summed E-state index contributed by atoms with van der Waals surface area (Å²) < 4.78 is 12.5. The fraction of sp³-hybridized carbons (Fsp3) is 0.304. The van der Waals surface area contributed by atoms with Crippen LogP contribution in [0.3, 0.4) is 0 Å². The molecule has 0 spiro atoms. The number of methoxy groups -OCH3 is 1. The molecule has 1 amide bonds. The molecule has 0 saturated carbocycles. The molecule has 6 nitrogen and oxygen atoms in total. The zero-order valence-corrected chi connectivity index (χ0v) is 18.3. The Hall–Kier alpha value is -2.93. The highest BCUT2D eigenvalue weighted by Crippen LogP contribution is 2.28. The van der Waals surface area contributed by atoms with E-state index in [1.165, 1.54) is 11.8 Å². The molecule has 2 aromatic carbocycles. The molecule has 0 unspecified atom stereocenters. The van der Waals surface area contributed by atoms with Crippen LogP contribution in [0.1, 0.15) is 12.5 Å². The highest BCUT2D eigenvalue weighted by molar-refractivity contribution is 8.00. The minimum Gasteiger partial charge on any atom is -0.493 e. The summed E-state index contributed by atoms with van der Waals surface area (Å²) in [7, 11) is 3.36. The van der Waals surface area contributed by atoms with Crippen LogP contribution in [0.15, 0.2) is 58.2 Å². The van der Waals surface area contributed by atoms with Gasteiger partial charge in [-0.15, -0.1) is 11.8 Å². The van der Waals surface area contributed by atoms with Crippen LogP contribution in [-0.4, -0.2) is 36.5 Å². The Kier molecular flexibility index (Phi) is 7.41. The maximum Gasteiger partial charge on any atom is 0.251 e. The van der Waals surface area contributed by atoms with Crippen molar-refractivity contribution in [1.29, 1.82) is 0 Å². The highest BCUT2D eigenvalue weighted by Gasteiger charge is 2.10. The second-order valence-electron chi connectivity index (χ2n) is 6.73. The molecular formula is C23H26N2O4S. The van der Waals surface area contributed by atoms with Crippen LogP contribution in [0.25, 0.3) is 10.9 Å². The number of pyridine rings is 1. The van der Waals surface area contributed by atoms with E-state index < -0.39 is 0 Å². The first-order chi connectivity index (χ1) is 14.5. The first kappa shape index (κ1) is 21.8. The molecule has 0 fully saturated rings. The molecule has 0 radical (unpaired) electrons. The number of thioether (sulfide) groups is 1. The Bertz CT molecular complexity index is 1090. The molecule has 0 atom stereocenters. The van der Waals surface area contributed by atoms with Crippen LogP contribution >= 0.6 is 11.8 Å². The molecular weight excluding hydrogens is 400 g/mol. The van der Waals surface area contributed by atoms with E-state index >= 15 is 0 Å². The zero-order valence-electron chi connectivity index (χ0n) is 17.4. The molecule has 0 aliphatic heterocycles. The number of amides is 1. The van der Waals surface area contributed by atoms with Crippen molar-refractivity contribution < 1.29 is 14.3 Å². The van der Waals surface area contributed by atoms with Crippen molar-refractivity contribution in [1.82, 2.24) is 9.88 Å². The van der Waals surface area contributed by atoms with Crippen molar-refractivity contribution in [2.24, 2.45) is 7.05 Å². The number of nitrogens with zero attached hydrogens (tertiary/aromatic N) is 1. The van der Waals surface area contributed by atoms with Crippen molar-refractivity contribution in [3.8, 4) is 11.5 Å². The summed E-state index contributed by atoms with van der Waals surface area (Å²) in [6.45, 7) is 3.02. The van der Waals surface area contributed by atoms with E-state index in [0.717, 1.165) is 21.4 Å². The van der Waals surface area contributed by atoms with Gasteiger partial charge in [-0.3, -0.25) is 9.59 Å². The third-order valence-electron chi connectivity index (χ3n) is 4.74. The van der Waals surface area contributed by atoms with E-state index in [1.54, 1.807) is 24.8 Å². The van der Waals surface area contributed by atoms with Gasteiger partial charge in [-0.2, -0.15) is 0 Å². The van der Waals surface area contributed by atoms with Crippen LogP contribution in [0.5, 0.6) is 11.5 Å². The number of aromatic nitrogens is 1. The molecule has 3 aromatic rings. The van der Waals surface area contributed by atoms with Crippen LogP contribution in [-0.2, 0) is 18.3 Å². The number of aryl methyl sites for hydroxylation is 1. The van der Waals surface area contributed by atoms with Crippen molar-refractivity contribution in [2.45, 2.75) is 18.2 Å². The summed E-state index contributed by atoms with van der Waals surface area (Å²) in [6.07, 6.45) is 0.688. The van der Waals surface area contributed by atoms with Crippen molar-refractivity contribution in [3.05, 3.63) is 64.4 Å². The number of nitrogens with one attached hydrogen (secondary N) is 1. The van der Waals surface area contributed by atoms with Gasteiger partial charge in [0.05, 0.1) is 25.0 Å². The maximum absolute atomic E-state index is 12.3. The summed E-state index contributed by atoms with van der Waals surface area (Å²) >= 11 is 1.38. The Morgan fingerprint density at radius 3 is 2.70 bits per heavy atom. The Morgan fingerprint density at radius 2 is 1.93 bits per heavy atom. The third kappa shape index (κ3) is 5.16. The molecule has 1 aromatic heterocycles. The van der Waals surface area contributed by atoms with E-state index in [1.807, 2.05) is 49.4 Å². The van der Waals surface area contributed by atoms with Gasteiger partial charge >= 0.3 is 0 Å². The van der Waals surface area contributed by atoms with Gasteiger partial charge in [-0.05, 0) is 37.1 Å². The maximum atomic E-state index is 12.3. The zero-order chi connectivity index (χ0) is 21.5. The molecule has 7 heteroatoms. The lowest BCUT2D eigenvalue weighted by molar-refractivity contribution is -0.118. The fourth-order valence-corrected chi connectivity index (χ4v) is 4.08. The topological polar surface area (TPSA) is 69.6 Å². The second-order valence-corrected chi connectivity index (χ2v) is 7.75. The van der Waals surface area contributed by atoms with Crippen LogP contribution in [0, 0.1) is 0 Å². The lowest BCUT2D eigenvalue weighted by atomic mass is 10.1. The normalized spacial score (nSPS) is 10.8. The van der Waals surface area contributed by atoms with Crippen molar-refractivity contribution >= 4 is 28.6 Å². The van der Waals surface area contributed by atoms with Gasteiger partial charge in [0.15, 0.2) is 11.5 Å². The number of hydrogen-bond acceptors (Lipinski definition) is 5. The molecule has 0 bridgehead atoms. The number of rotatable bonds is 9. The number of carbonyl (C=O) groups excluding carboxylic acids is 1. The van der Waals surface area contributed by atoms with Gasteiger partial charge in [-0.1, -0.05) is 24.3 Å². The summed E-state index contributed by atoms with van der Waals surface area (Å²) in [5, 5.41) is 3.91. The minimum atomic E-state index is -0.0824. The smallest absolute Gasteiger partial charge is 0.251 e. The summed E-state index contributed by atoms with van der Waals surface area (Å²) in [5.74, 6) is 1.59. The number of benzene rings is 2. The molecule has 3 rings (SSSR count). The molecule has 30 heavy (non-hydrogen) atoms. The van der Waals surface area contributed by atoms with Crippen molar-refractivity contribution in [3.63, 3.8) is 0 Å². The number of hydrogen-bond donors (Lipinski definition) is 1. The highest BCUT2D eigenvalue weighted by atomic mass is 32.2. The first-order valence-electron chi connectivity index (χ1n) is 9.81. The van der Waals surface area contributed by atoms with E-state index in [0.29, 0.717) is 31.1 Å². The van der Waals surface area contributed by atoms with Crippen molar-refractivity contribution in [2.75, 3.05) is 26.0 Å². The quantitative estimate of drug-likeness (QED) is 0.531. The number of ether oxygens (including phenoxy) is 2. The molecule has 0 aliphatic carbocycles. The van der Waals surface area contributed by atoms with E-state index in [-0.39, 0.29) is 17.2 Å². The average molecular weight is 427 g/mol. The molecule has 1 heterocycles. The Labute approximate surface area is 180 Å². The summed E-state index contributed by atoms with van der Waals surface area (Å²) in [5.41, 5.74) is 1.83. The number of para-hydroxylation sites is 1. The molecule has 0 aliphatic rings. The van der Waals surface area contributed by atoms with Gasteiger partial charge in [0.25, 0.3) is 5.56 Å². The van der Waals surface area contributed by atoms with E-state index in [9.17, 15) is 9.59 Å². The number of carbonyl (C=O) groups is 1. The predicted molar refractivity (Wildman–Crippen MR) is 121 cm³/mol. The Balaban J connectivity index is 1.56. The van der Waals surface area contributed by atoms with Crippen LogP contribution < -0.4 is 20.3 Å². The Morgan fingerprint density at radius 1 is 1.13 bits per heavy atom. The lowest BCUT2D eigenvalue weighted by Crippen LogP contribution is -2.27. The van der Waals surface area contributed by atoms with Crippen LogP contribution in [0.4, 0.5) is 0 Å². The number of fused-ring (bicyclic) bond motifs is 1. The lowest BCUT2D eigenvalue weighted by Gasteiger charge is -2.12. The van der Waals surface area contributed by atoms with Gasteiger partial charge in [0.1, 0.15) is 0 Å². The standard InChI is InChI=1S/C23H26N2O4S/c1-4-29-19-10-9-16(13-20(19)28-3)11-12-24-22(26)15-30-21-14-23(27)25(2)18-8-6-5-7-17(18)21/h5-10,13-14H,4,11-12,15H2,1-3H3,(H,24,26). The molecule has 158 valence electrons. The SMILES string of the molecule is CCOc1ccc(CCNC(=O)CSc2cc(=O)n(C)c3ccccc23)cc1OC. The predicted octanol–water partition coefficient (Wildman–Crippen LogP) is 3.40. The first-order valence-corrected chi connectivity index (χ1v) is 10.8. The summed E-state index contributed by atoms with van der Waals surface area (Å²) in [4.78, 5) is 25.3. The van der Waals surface area contributed by atoms with E-state index in [2.05, 4.69) is 5.32 Å². The summed E-state index contributed by atoms with van der Waals surface area (Å²) in [6, 6.07) is 15.1. The van der Waals surface area contributed by atoms with Gasteiger partial charge in [0.2, 0.25) is 5.91 Å². The molecule has 0 saturated heterocycles. The second kappa shape index (κ2) is 10.2. The largest absolute Gasteiger partial charge is 0.493 e. The van der Waals surface area contributed by atoms with Gasteiger partial charge in [-0.25, -0.2) is 0 Å².